The zero-order valence-corrected chi connectivity index (χ0v) is 14.9. The monoisotopic (exact) mass is 390 g/mol. The number of fused-ring (bicyclic) bond motifs is 1. The quantitative estimate of drug-likeness (QED) is 0.620. The van der Waals surface area contributed by atoms with E-state index in [4.69, 9.17) is 18.9 Å². The molecule has 2 aliphatic rings. The van der Waals surface area contributed by atoms with Crippen LogP contribution in [-0.4, -0.2) is 58.1 Å². The van der Waals surface area contributed by atoms with Gasteiger partial charge in [-0.3, -0.25) is 0 Å². The molecule has 4 N–H and O–H groups in total. The van der Waals surface area contributed by atoms with Gasteiger partial charge in [-0.25, -0.2) is 0 Å². The number of ether oxygens (including phenoxy) is 4. The molecule has 8 heteroatoms. The van der Waals surface area contributed by atoms with E-state index in [-0.39, 0.29) is 24.7 Å². The molecular formula is C20H22O8. The maximum Gasteiger partial charge on any atom is 0.184 e. The van der Waals surface area contributed by atoms with Crippen molar-refractivity contribution < 1.29 is 39.4 Å². The van der Waals surface area contributed by atoms with Crippen LogP contribution in [0.2, 0.25) is 0 Å². The van der Waals surface area contributed by atoms with Crippen molar-refractivity contribution in [3.8, 4) is 11.5 Å². The van der Waals surface area contributed by atoms with Crippen LogP contribution in [0.4, 0.5) is 0 Å². The van der Waals surface area contributed by atoms with E-state index in [9.17, 15) is 20.4 Å². The van der Waals surface area contributed by atoms with Gasteiger partial charge in [0.25, 0.3) is 0 Å². The predicted molar refractivity (Wildman–Crippen MR) is 95.4 cm³/mol. The van der Waals surface area contributed by atoms with E-state index < -0.39 is 37.0 Å². The van der Waals surface area contributed by atoms with Gasteiger partial charge in [0, 0.05) is 11.1 Å². The van der Waals surface area contributed by atoms with Gasteiger partial charge in [0.1, 0.15) is 35.9 Å². The second-order valence-electron chi connectivity index (χ2n) is 6.81. The highest BCUT2D eigenvalue weighted by atomic mass is 16.8. The van der Waals surface area contributed by atoms with Crippen LogP contribution in [0.5, 0.6) is 11.5 Å². The third kappa shape index (κ3) is 3.83. The number of phenolic OH excluding ortho intramolecular Hbond substituents is 2. The summed E-state index contributed by atoms with van der Waals surface area (Å²) in [5.74, 6) is 0.229. The Labute approximate surface area is 161 Å². The Balaban J connectivity index is 1.56. The Hall–Kier alpha value is -2.20. The van der Waals surface area contributed by atoms with Gasteiger partial charge in [-0.2, -0.15) is 0 Å². The molecule has 0 saturated carbocycles. The van der Waals surface area contributed by atoms with Gasteiger partial charge in [-0.05, 0) is 24.3 Å². The smallest absolute Gasteiger partial charge is 0.184 e. The molecule has 2 aromatic carbocycles. The number of aliphatic hydroxyl groups is 2. The maximum absolute atomic E-state index is 10.6. The van der Waals surface area contributed by atoms with E-state index in [1.165, 1.54) is 24.3 Å². The molecule has 28 heavy (non-hydrogen) atoms. The summed E-state index contributed by atoms with van der Waals surface area (Å²) in [5, 5.41) is 39.4. The van der Waals surface area contributed by atoms with Gasteiger partial charge in [0.2, 0.25) is 0 Å². The first-order chi connectivity index (χ1) is 13.5. The first kappa shape index (κ1) is 19.1. The van der Waals surface area contributed by atoms with Crippen molar-refractivity contribution in [1.29, 1.82) is 0 Å². The van der Waals surface area contributed by atoms with Gasteiger partial charge in [0.05, 0.1) is 13.2 Å². The third-order valence-electron chi connectivity index (χ3n) is 4.86. The lowest BCUT2D eigenvalue weighted by molar-refractivity contribution is -0.239. The fourth-order valence-electron chi connectivity index (χ4n) is 3.38. The highest BCUT2D eigenvalue weighted by molar-refractivity contribution is 5.28. The third-order valence-corrected chi connectivity index (χ3v) is 4.86. The summed E-state index contributed by atoms with van der Waals surface area (Å²) in [7, 11) is 0. The number of rotatable bonds is 3. The van der Waals surface area contributed by atoms with Gasteiger partial charge in [-0.1, -0.05) is 24.3 Å². The van der Waals surface area contributed by atoms with Crippen LogP contribution in [0.25, 0.3) is 0 Å². The summed E-state index contributed by atoms with van der Waals surface area (Å²) in [6.07, 6.45) is -4.89. The van der Waals surface area contributed by atoms with Crippen LogP contribution in [0.1, 0.15) is 23.7 Å². The Morgan fingerprint density at radius 2 is 1.29 bits per heavy atom. The molecule has 0 bridgehead atoms. The highest BCUT2D eigenvalue weighted by Crippen LogP contribution is 2.38. The van der Waals surface area contributed by atoms with Gasteiger partial charge in [0.15, 0.2) is 12.6 Å². The average molecular weight is 390 g/mol. The second kappa shape index (κ2) is 8.04. The molecule has 6 atom stereocenters. The van der Waals surface area contributed by atoms with Crippen molar-refractivity contribution in [2.24, 2.45) is 0 Å². The zero-order valence-electron chi connectivity index (χ0n) is 14.9. The van der Waals surface area contributed by atoms with Gasteiger partial charge < -0.3 is 39.4 Å². The van der Waals surface area contributed by atoms with Crippen LogP contribution in [0.15, 0.2) is 48.5 Å². The molecule has 0 aliphatic carbocycles. The highest BCUT2D eigenvalue weighted by Gasteiger charge is 2.47. The fraction of sp³-hybridized carbons (Fsp3) is 0.400. The molecule has 2 aromatic rings. The molecule has 2 unspecified atom stereocenters. The van der Waals surface area contributed by atoms with E-state index in [1.54, 1.807) is 24.3 Å². The lowest BCUT2D eigenvalue weighted by Crippen LogP contribution is -2.49. The minimum Gasteiger partial charge on any atom is -0.508 e. The minimum atomic E-state index is -0.996. The number of benzene rings is 2. The maximum atomic E-state index is 10.6. The topological polar surface area (TPSA) is 118 Å². The van der Waals surface area contributed by atoms with Crippen LogP contribution in [0.3, 0.4) is 0 Å². The van der Waals surface area contributed by atoms with Gasteiger partial charge >= 0.3 is 0 Å². The van der Waals surface area contributed by atoms with E-state index in [2.05, 4.69) is 0 Å². The summed E-state index contributed by atoms with van der Waals surface area (Å²) in [6.45, 7) is -0.423. The van der Waals surface area contributed by atoms with Crippen molar-refractivity contribution in [1.82, 2.24) is 0 Å². The van der Waals surface area contributed by atoms with Gasteiger partial charge in [-0.15, -0.1) is 0 Å². The van der Waals surface area contributed by atoms with E-state index in [1.807, 2.05) is 0 Å². The lowest BCUT2D eigenvalue weighted by atomic mass is 10.0. The number of phenols is 2. The lowest BCUT2D eigenvalue weighted by Gasteiger charge is -2.34. The van der Waals surface area contributed by atoms with E-state index >= 15 is 0 Å². The molecule has 0 amide bonds. The summed E-state index contributed by atoms with van der Waals surface area (Å²) < 4.78 is 23.4. The minimum absolute atomic E-state index is 0.0590. The van der Waals surface area contributed by atoms with Crippen molar-refractivity contribution in [2.45, 2.75) is 37.0 Å². The second-order valence-corrected chi connectivity index (χ2v) is 6.81. The van der Waals surface area contributed by atoms with Crippen molar-refractivity contribution in [3.05, 3.63) is 59.7 Å². The molecule has 2 fully saturated rings. The molecule has 150 valence electrons. The normalized spacial score (nSPS) is 33.1. The largest absolute Gasteiger partial charge is 0.508 e. The molecule has 4 rings (SSSR count). The Morgan fingerprint density at radius 3 is 1.86 bits per heavy atom. The summed E-state index contributed by atoms with van der Waals surface area (Å²) in [6, 6.07) is 12.7. The molecule has 0 spiro atoms. The average Bonchev–Trinajstić information content (AvgIpc) is 3.13. The Bertz CT molecular complexity index is 778. The van der Waals surface area contributed by atoms with Crippen LogP contribution in [0, 0.1) is 0 Å². The fourth-order valence-corrected chi connectivity index (χ4v) is 3.38. The van der Waals surface area contributed by atoms with Crippen LogP contribution < -0.4 is 0 Å². The van der Waals surface area contributed by atoms with E-state index in [0.717, 1.165) is 0 Å². The number of hydrogen-bond donors (Lipinski definition) is 4. The SMILES string of the molecule is OC[C@@H]1OC(c2ccc(O)cc2)OC[C@@H](O)[C@H]2OC(c3ccc(O)cc3)O[C@@H]21. The number of hydrogen-bond acceptors (Lipinski definition) is 8. The number of aromatic hydroxyl groups is 2. The van der Waals surface area contributed by atoms with Crippen molar-refractivity contribution >= 4 is 0 Å². The standard InChI is InChI=1S/C20H22O8/c21-9-16-18-17(27-20(28-18)12-3-7-14(23)8-4-12)15(24)10-25-19(26-16)11-1-5-13(22)6-2-11/h1-8,15-24H,9-10H2/t15-,16+,17-,18-,19?,20?/m1/s1. The number of aliphatic hydroxyl groups excluding tert-OH is 2. The predicted octanol–water partition coefficient (Wildman–Crippen LogP) is 1.35. The first-order valence-corrected chi connectivity index (χ1v) is 9.00. The van der Waals surface area contributed by atoms with Crippen LogP contribution >= 0.6 is 0 Å². The molecular weight excluding hydrogens is 368 g/mol. The molecule has 0 aromatic heterocycles. The van der Waals surface area contributed by atoms with E-state index in [0.29, 0.717) is 11.1 Å². The molecule has 2 aliphatic heterocycles. The molecule has 0 radical (unpaired) electrons. The zero-order chi connectivity index (χ0) is 19.7. The molecule has 2 saturated heterocycles. The van der Waals surface area contributed by atoms with Crippen molar-refractivity contribution in [2.75, 3.05) is 13.2 Å². The Morgan fingerprint density at radius 1 is 0.750 bits per heavy atom. The first-order valence-electron chi connectivity index (χ1n) is 9.00. The van der Waals surface area contributed by atoms with Crippen molar-refractivity contribution in [3.63, 3.8) is 0 Å². The molecule has 8 nitrogen and oxygen atoms in total. The molecule has 2 heterocycles. The van der Waals surface area contributed by atoms with Crippen LogP contribution in [-0.2, 0) is 18.9 Å². The summed E-state index contributed by atoms with van der Waals surface area (Å²) in [4.78, 5) is 0. The summed E-state index contributed by atoms with van der Waals surface area (Å²) in [5.41, 5.74) is 1.31. The Kier molecular flexibility index (Phi) is 5.49. The summed E-state index contributed by atoms with van der Waals surface area (Å²) >= 11 is 0.